The second kappa shape index (κ2) is 9.39. The van der Waals surface area contributed by atoms with Crippen molar-refractivity contribution >= 4 is 23.2 Å². The molecule has 0 fully saturated rings. The van der Waals surface area contributed by atoms with E-state index in [1.165, 1.54) is 10.9 Å². The first kappa shape index (κ1) is 17.5. The Morgan fingerprint density at radius 3 is 2.76 bits per heavy atom. The van der Waals surface area contributed by atoms with Crippen LogP contribution in [0.3, 0.4) is 0 Å². The number of carbonyl (C=O) groups is 1. The Morgan fingerprint density at radius 1 is 1.33 bits per heavy atom. The topological polar surface area (TPSA) is 76.0 Å². The highest BCUT2D eigenvalue weighted by atomic mass is 35.5. The lowest BCUT2D eigenvalue weighted by Crippen LogP contribution is -2.27. The summed E-state index contributed by atoms with van der Waals surface area (Å²) in [6.07, 6.45) is 4.63. The Bertz CT molecular complexity index is 516. The second-order valence-electron chi connectivity index (χ2n) is 4.78. The van der Waals surface area contributed by atoms with Crippen LogP contribution in [-0.2, 0) is 11.3 Å². The van der Waals surface area contributed by atoms with Gasteiger partial charge in [-0.1, -0.05) is 31.9 Å². The number of anilines is 1. The molecule has 0 saturated carbocycles. The molecule has 2 N–H and O–H groups in total. The van der Waals surface area contributed by atoms with Gasteiger partial charge in [0.15, 0.2) is 0 Å². The van der Waals surface area contributed by atoms with Gasteiger partial charge in [-0.3, -0.25) is 9.59 Å². The molecular formula is C14H23ClN4O2. The summed E-state index contributed by atoms with van der Waals surface area (Å²) in [5, 5.41) is 9.96. The zero-order valence-electron chi connectivity index (χ0n) is 12.6. The minimum absolute atomic E-state index is 0.0234. The van der Waals surface area contributed by atoms with Crippen LogP contribution < -0.4 is 16.2 Å². The number of nitrogens with zero attached hydrogens (tertiary/aromatic N) is 2. The third-order valence-corrected chi connectivity index (χ3v) is 3.31. The number of nitrogens with one attached hydrogen (secondary N) is 2. The van der Waals surface area contributed by atoms with Crippen LogP contribution in [-0.4, -0.2) is 28.8 Å². The molecule has 118 valence electrons. The monoisotopic (exact) mass is 314 g/mol. The fourth-order valence-corrected chi connectivity index (χ4v) is 1.93. The highest BCUT2D eigenvalue weighted by molar-refractivity contribution is 6.32. The van der Waals surface area contributed by atoms with Crippen LogP contribution in [0.15, 0.2) is 11.0 Å². The first-order valence-electron chi connectivity index (χ1n) is 7.36. The maximum Gasteiger partial charge on any atom is 0.287 e. The molecule has 0 atom stereocenters. The van der Waals surface area contributed by atoms with Crippen molar-refractivity contribution in [1.29, 1.82) is 0 Å². The zero-order valence-corrected chi connectivity index (χ0v) is 13.4. The normalized spacial score (nSPS) is 10.4. The van der Waals surface area contributed by atoms with E-state index in [1.807, 2.05) is 13.8 Å². The SMILES string of the molecule is CCCCn1ncc(NCCC(=O)NCCC)c(Cl)c1=O. The Kier molecular flexibility index (Phi) is 7.82. The number of unbranched alkanes of at least 4 members (excludes halogenated alkanes) is 1. The van der Waals surface area contributed by atoms with Crippen LogP contribution >= 0.6 is 11.6 Å². The molecule has 0 aliphatic rings. The maximum atomic E-state index is 12.0. The largest absolute Gasteiger partial charge is 0.382 e. The average molecular weight is 315 g/mol. The summed E-state index contributed by atoms with van der Waals surface area (Å²) >= 11 is 6.04. The second-order valence-corrected chi connectivity index (χ2v) is 5.16. The van der Waals surface area contributed by atoms with Gasteiger partial charge < -0.3 is 10.6 Å². The van der Waals surface area contributed by atoms with E-state index < -0.39 is 0 Å². The first-order chi connectivity index (χ1) is 10.1. The van der Waals surface area contributed by atoms with E-state index >= 15 is 0 Å². The molecule has 0 bridgehead atoms. The fraction of sp³-hybridized carbons (Fsp3) is 0.643. The van der Waals surface area contributed by atoms with Gasteiger partial charge in [0, 0.05) is 26.1 Å². The number of aryl methyl sites for hydroxylation is 1. The van der Waals surface area contributed by atoms with E-state index in [4.69, 9.17) is 11.6 Å². The molecule has 1 amide bonds. The average Bonchev–Trinajstić information content (AvgIpc) is 2.48. The predicted molar refractivity (Wildman–Crippen MR) is 84.8 cm³/mol. The van der Waals surface area contributed by atoms with Crippen LogP contribution in [0, 0.1) is 0 Å². The zero-order chi connectivity index (χ0) is 15.7. The molecule has 0 aromatic carbocycles. The van der Waals surface area contributed by atoms with Crippen LogP contribution in [0.25, 0.3) is 0 Å². The molecule has 0 radical (unpaired) electrons. The van der Waals surface area contributed by atoms with Crippen LogP contribution in [0.4, 0.5) is 5.69 Å². The summed E-state index contributed by atoms with van der Waals surface area (Å²) in [4.78, 5) is 23.4. The summed E-state index contributed by atoms with van der Waals surface area (Å²) in [5.41, 5.74) is 0.170. The molecule has 0 unspecified atom stereocenters. The maximum absolute atomic E-state index is 12.0. The molecule has 0 aliphatic heterocycles. The van der Waals surface area contributed by atoms with E-state index in [9.17, 15) is 9.59 Å². The highest BCUT2D eigenvalue weighted by Crippen LogP contribution is 2.15. The van der Waals surface area contributed by atoms with Crippen molar-refractivity contribution in [2.24, 2.45) is 0 Å². The predicted octanol–water partition coefficient (Wildman–Crippen LogP) is 2.02. The van der Waals surface area contributed by atoms with Crippen molar-refractivity contribution in [1.82, 2.24) is 15.1 Å². The Balaban J connectivity index is 2.54. The number of hydrogen-bond donors (Lipinski definition) is 2. The fourth-order valence-electron chi connectivity index (χ4n) is 1.72. The van der Waals surface area contributed by atoms with E-state index in [0.717, 1.165) is 19.3 Å². The highest BCUT2D eigenvalue weighted by Gasteiger charge is 2.09. The van der Waals surface area contributed by atoms with Gasteiger partial charge in [0.25, 0.3) is 5.56 Å². The van der Waals surface area contributed by atoms with Crippen molar-refractivity contribution in [3.05, 3.63) is 21.6 Å². The number of aromatic nitrogens is 2. The Labute approximate surface area is 129 Å². The van der Waals surface area contributed by atoms with Crippen molar-refractivity contribution in [2.75, 3.05) is 18.4 Å². The molecule has 21 heavy (non-hydrogen) atoms. The molecule has 7 heteroatoms. The smallest absolute Gasteiger partial charge is 0.287 e. The number of carbonyl (C=O) groups excluding carboxylic acids is 1. The molecular weight excluding hydrogens is 292 g/mol. The van der Waals surface area contributed by atoms with Crippen LogP contribution in [0.5, 0.6) is 0 Å². The lowest BCUT2D eigenvalue weighted by molar-refractivity contribution is -0.120. The number of halogens is 1. The molecule has 1 rings (SSSR count). The minimum Gasteiger partial charge on any atom is -0.382 e. The summed E-state index contributed by atoms with van der Waals surface area (Å²) in [7, 11) is 0. The van der Waals surface area contributed by atoms with Gasteiger partial charge in [0.05, 0.1) is 11.9 Å². The Morgan fingerprint density at radius 2 is 2.10 bits per heavy atom. The van der Waals surface area contributed by atoms with Gasteiger partial charge in [-0.15, -0.1) is 0 Å². The molecule has 0 saturated heterocycles. The molecule has 0 spiro atoms. The Hall–Kier alpha value is -1.56. The molecule has 1 aromatic heterocycles. The van der Waals surface area contributed by atoms with E-state index in [2.05, 4.69) is 15.7 Å². The van der Waals surface area contributed by atoms with Gasteiger partial charge >= 0.3 is 0 Å². The lowest BCUT2D eigenvalue weighted by atomic mass is 10.3. The molecule has 1 aromatic rings. The van der Waals surface area contributed by atoms with Gasteiger partial charge in [0.2, 0.25) is 5.91 Å². The van der Waals surface area contributed by atoms with Gasteiger partial charge in [-0.2, -0.15) is 5.10 Å². The van der Waals surface area contributed by atoms with Crippen molar-refractivity contribution in [3.63, 3.8) is 0 Å². The lowest BCUT2D eigenvalue weighted by Gasteiger charge is -2.10. The third kappa shape index (κ3) is 5.75. The van der Waals surface area contributed by atoms with E-state index in [0.29, 0.717) is 31.7 Å². The van der Waals surface area contributed by atoms with E-state index in [-0.39, 0.29) is 16.5 Å². The van der Waals surface area contributed by atoms with Gasteiger partial charge in [-0.05, 0) is 12.8 Å². The number of amides is 1. The molecule has 0 aliphatic carbocycles. The van der Waals surface area contributed by atoms with Gasteiger partial charge in [-0.25, -0.2) is 4.68 Å². The third-order valence-electron chi connectivity index (χ3n) is 2.95. The van der Waals surface area contributed by atoms with Crippen LogP contribution in [0.1, 0.15) is 39.5 Å². The van der Waals surface area contributed by atoms with E-state index in [1.54, 1.807) is 0 Å². The summed E-state index contributed by atoms with van der Waals surface area (Å²) < 4.78 is 1.37. The quantitative estimate of drug-likeness (QED) is 0.731. The first-order valence-corrected chi connectivity index (χ1v) is 7.74. The van der Waals surface area contributed by atoms with Gasteiger partial charge in [0.1, 0.15) is 5.02 Å². The minimum atomic E-state index is -0.300. The summed E-state index contributed by atoms with van der Waals surface area (Å²) in [6.45, 7) is 5.70. The van der Waals surface area contributed by atoms with Crippen molar-refractivity contribution in [3.8, 4) is 0 Å². The van der Waals surface area contributed by atoms with Crippen molar-refractivity contribution < 1.29 is 4.79 Å². The van der Waals surface area contributed by atoms with Crippen LogP contribution in [0.2, 0.25) is 5.02 Å². The standard InChI is InChI=1S/C14H23ClN4O2/c1-3-5-9-19-14(21)13(15)11(10-18-19)16-8-6-12(20)17-7-4-2/h10,16H,3-9H2,1-2H3,(H,17,20). The molecule has 6 nitrogen and oxygen atoms in total. The summed E-state index contributed by atoms with van der Waals surface area (Å²) in [6, 6.07) is 0. The summed E-state index contributed by atoms with van der Waals surface area (Å²) in [5.74, 6) is -0.0234. The van der Waals surface area contributed by atoms with Crippen molar-refractivity contribution in [2.45, 2.75) is 46.1 Å². The number of hydrogen-bond acceptors (Lipinski definition) is 4. The number of rotatable bonds is 9. The molecule has 1 heterocycles.